The van der Waals surface area contributed by atoms with Gasteiger partial charge in [0.2, 0.25) is 5.91 Å². The summed E-state index contributed by atoms with van der Waals surface area (Å²) in [5.74, 6) is 0.132. The molecule has 1 fully saturated rings. The number of nitrogens with zero attached hydrogens (tertiary/aromatic N) is 3. The number of aryl methyl sites for hydroxylation is 2. The fourth-order valence-corrected chi connectivity index (χ4v) is 3.11. The van der Waals surface area contributed by atoms with E-state index in [9.17, 15) is 4.79 Å². The number of hydrogen-bond acceptors (Lipinski definition) is 3. The highest BCUT2D eigenvalue weighted by atomic mass is 35.5. The fourth-order valence-electron chi connectivity index (χ4n) is 2.80. The van der Waals surface area contributed by atoms with Crippen molar-refractivity contribution in [1.82, 2.24) is 14.7 Å². The third-order valence-electron chi connectivity index (χ3n) is 4.12. The number of hydrogen-bond donors (Lipinski definition) is 0. The minimum Gasteiger partial charge on any atom is -0.370 e. The molecule has 0 aliphatic carbocycles. The Morgan fingerprint density at radius 1 is 1.38 bits per heavy atom. The first-order valence-electron chi connectivity index (χ1n) is 7.85. The molecule has 0 N–H and O–H groups in total. The third-order valence-corrected chi connectivity index (χ3v) is 4.86. The van der Waals surface area contributed by atoms with Gasteiger partial charge in [-0.3, -0.25) is 9.48 Å². The molecule has 0 saturated carbocycles. The highest BCUT2D eigenvalue weighted by Crippen LogP contribution is 2.29. The summed E-state index contributed by atoms with van der Waals surface area (Å²) in [5, 5.41) is 5.14. The van der Waals surface area contributed by atoms with Crippen molar-refractivity contribution in [2.24, 2.45) is 7.05 Å². The van der Waals surface area contributed by atoms with Crippen molar-refractivity contribution >= 4 is 29.1 Å². The van der Waals surface area contributed by atoms with E-state index in [-0.39, 0.29) is 12.0 Å². The topological polar surface area (TPSA) is 47.4 Å². The summed E-state index contributed by atoms with van der Waals surface area (Å²) in [6.07, 6.45) is 4.73. The molecular weight excluding hydrogens is 349 g/mol. The number of morpholine rings is 1. The summed E-state index contributed by atoms with van der Waals surface area (Å²) >= 11 is 12.0. The van der Waals surface area contributed by atoms with Gasteiger partial charge in [0, 0.05) is 26.2 Å². The Bertz CT molecular complexity index is 732. The lowest BCUT2D eigenvalue weighted by Gasteiger charge is -2.33. The van der Waals surface area contributed by atoms with Gasteiger partial charge in [0.1, 0.15) is 6.10 Å². The number of halogens is 2. The minimum absolute atomic E-state index is 0.132. The molecule has 2 aromatic rings. The second kappa shape index (κ2) is 7.55. The van der Waals surface area contributed by atoms with Crippen molar-refractivity contribution in [2.45, 2.75) is 18.9 Å². The van der Waals surface area contributed by atoms with E-state index in [1.165, 1.54) is 0 Å². The number of carbonyl (C=O) groups is 1. The smallest absolute Gasteiger partial charge is 0.223 e. The van der Waals surface area contributed by atoms with Crippen LogP contribution in [0, 0.1) is 0 Å². The van der Waals surface area contributed by atoms with Crippen LogP contribution in [0.1, 0.15) is 23.7 Å². The van der Waals surface area contributed by atoms with Gasteiger partial charge in [0.25, 0.3) is 0 Å². The van der Waals surface area contributed by atoms with Crippen LogP contribution in [-0.2, 0) is 23.0 Å². The average molecular weight is 368 g/mol. The molecule has 0 radical (unpaired) electrons. The standard InChI is InChI=1S/C17H19Cl2N3O2/c1-21-10-12(9-20-21)2-5-17(23)22-6-7-24-16(11-22)13-3-4-14(18)15(19)8-13/h3-4,8-10,16H,2,5-7,11H2,1H3/t16-/m1/s1. The molecule has 7 heteroatoms. The molecule has 1 aromatic heterocycles. The summed E-state index contributed by atoms with van der Waals surface area (Å²) in [6, 6.07) is 5.45. The van der Waals surface area contributed by atoms with E-state index in [0.29, 0.717) is 42.6 Å². The number of ether oxygens (including phenoxy) is 1. The lowest BCUT2D eigenvalue weighted by atomic mass is 10.1. The highest BCUT2D eigenvalue weighted by molar-refractivity contribution is 6.42. The molecule has 0 bridgehead atoms. The van der Waals surface area contributed by atoms with E-state index in [2.05, 4.69) is 5.10 Å². The third kappa shape index (κ3) is 4.09. The van der Waals surface area contributed by atoms with Gasteiger partial charge in [-0.05, 0) is 29.7 Å². The van der Waals surface area contributed by atoms with Crippen LogP contribution in [0.2, 0.25) is 10.0 Å². The van der Waals surface area contributed by atoms with E-state index >= 15 is 0 Å². The lowest BCUT2D eigenvalue weighted by molar-refractivity contribution is -0.139. The van der Waals surface area contributed by atoms with Crippen molar-refractivity contribution in [3.8, 4) is 0 Å². The van der Waals surface area contributed by atoms with Gasteiger partial charge in [-0.25, -0.2) is 0 Å². The number of amides is 1. The van der Waals surface area contributed by atoms with E-state index in [0.717, 1.165) is 11.1 Å². The van der Waals surface area contributed by atoms with Gasteiger partial charge in [-0.15, -0.1) is 0 Å². The number of benzene rings is 1. The Morgan fingerprint density at radius 3 is 2.92 bits per heavy atom. The molecule has 1 aromatic carbocycles. The average Bonchev–Trinajstić information content (AvgIpc) is 3.00. The van der Waals surface area contributed by atoms with Crippen LogP contribution in [0.4, 0.5) is 0 Å². The molecule has 1 aliphatic rings. The van der Waals surface area contributed by atoms with Crippen LogP contribution in [0.25, 0.3) is 0 Å². The second-order valence-corrected chi connectivity index (χ2v) is 6.71. The Hall–Kier alpha value is -1.56. The zero-order valence-electron chi connectivity index (χ0n) is 13.4. The van der Waals surface area contributed by atoms with Crippen molar-refractivity contribution in [1.29, 1.82) is 0 Å². The molecule has 1 amide bonds. The normalized spacial score (nSPS) is 18.0. The van der Waals surface area contributed by atoms with Gasteiger partial charge in [0.15, 0.2) is 0 Å². The predicted octanol–water partition coefficient (Wildman–Crippen LogP) is 3.26. The van der Waals surface area contributed by atoms with Crippen molar-refractivity contribution in [3.05, 3.63) is 51.8 Å². The van der Waals surface area contributed by atoms with E-state index in [1.807, 2.05) is 24.2 Å². The number of rotatable bonds is 4. The van der Waals surface area contributed by atoms with E-state index in [1.54, 1.807) is 23.0 Å². The van der Waals surface area contributed by atoms with Crippen LogP contribution < -0.4 is 0 Å². The number of aromatic nitrogens is 2. The Labute approximate surface area is 151 Å². The quantitative estimate of drug-likeness (QED) is 0.832. The Morgan fingerprint density at radius 2 is 2.21 bits per heavy atom. The second-order valence-electron chi connectivity index (χ2n) is 5.89. The van der Waals surface area contributed by atoms with Crippen LogP contribution in [0.15, 0.2) is 30.6 Å². The first kappa shape index (κ1) is 17.3. The zero-order valence-corrected chi connectivity index (χ0v) is 14.9. The fraction of sp³-hybridized carbons (Fsp3) is 0.412. The molecule has 1 saturated heterocycles. The molecule has 24 heavy (non-hydrogen) atoms. The summed E-state index contributed by atoms with van der Waals surface area (Å²) in [6.45, 7) is 1.66. The maximum Gasteiger partial charge on any atom is 0.223 e. The van der Waals surface area contributed by atoms with Gasteiger partial charge in [0.05, 0.1) is 29.4 Å². The SMILES string of the molecule is Cn1cc(CCC(=O)N2CCO[C@@H](c3ccc(Cl)c(Cl)c3)C2)cn1. The molecule has 5 nitrogen and oxygen atoms in total. The van der Waals surface area contributed by atoms with Crippen molar-refractivity contribution in [3.63, 3.8) is 0 Å². The Balaban J connectivity index is 1.60. The summed E-state index contributed by atoms with van der Waals surface area (Å²) in [4.78, 5) is 14.3. The maximum atomic E-state index is 12.5. The van der Waals surface area contributed by atoms with Crippen LogP contribution in [0.5, 0.6) is 0 Å². The Kier molecular flexibility index (Phi) is 5.43. The van der Waals surface area contributed by atoms with Gasteiger partial charge in [-0.2, -0.15) is 5.10 Å². The predicted molar refractivity (Wildman–Crippen MR) is 93.3 cm³/mol. The largest absolute Gasteiger partial charge is 0.370 e. The lowest BCUT2D eigenvalue weighted by Crippen LogP contribution is -2.42. The highest BCUT2D eigenvalue weighted by Gasteiger charge is 2.25. The molecule has 3 rings (SSSR count). The molecule has 0 unspecified atom stereocenters. The molecule has 1 atom stereocenters. The molecule has 0 spiro atoms. The number of carbonyl (C=O) groups excluding carboxylic acids is 1. The van der Waals surface area contributed by atoms with Gasteiger partial charge >= 0.3 is 0 Å². The molecule has 2 heterocycles. The monoisotopic (exact) mass is 367 g/mol. The van der Waals surface area contributed by atoms with E-state index in [4.69, 9.17) is 27.9 Å². The van der Waals surface area contributed by atoms with Crippen LogP contribution >= 0.6 is 23.2 Å². The zero-order chi connectivity index (χ0) is 17.1. The van der Waals surface area contributed by atoms with Gasteiger partial charge in [-0.1, -0.05) is 29.3 Å². The first-order valence-corrected chi connectivity index (χ1v) is 8.60. The van der Waals surface area contributed by atoms with Crippen molar-refractivity contribution < 1.29 is 9.53 Å². The van der Waals surface area contributed by atoms with Crippen molar-refractivity contribution in [2.75, 3.05) is 19.7 Å². The van der Waals surface area contributed by atoms with Crippen LogP contribution in [-0.4, -0.2) is 40.3 Å². The summed E-state index contributed by atoms with van der Waals surface area (Å²) in [5.41, 5.74) is 2.01. The summed E-state index contributed by atoms with van der Waals surface area (Å²) in [7, 11) is 1.87. The van der Waals surface area contributed by atoms with Crippen LogP contribution in [0.3, 0.4) is 0 Å². The maximum absolute atomic E-state index is 12.5. The first-order chi connectivity index (χ1) is 11.5. The molecular formula is C17H19Cl2N3O2. The molecule has 128 valence electrons. The van der Waals surface area contributed by atoms with Gasteiger partial charge < -0.3 is 9.64 Å². The van der Waals surface area contributed by atoms with E-state index < -0.39 is 0 Å². The molecule has 1 aliphatic heterocycles. The summed E-state index contributed by atoms with van der Waals surface area (Å²) < 4.78 is 7.54. The minimum atomic E-state index is -0.171.